The summed E-state index contributed by atoms with van der Waals surface area (Å²) in [6, 6.07) is 0.273. The van der Waals surface area contributed by atoms with Crippen molar-refractivity contribution in [2.45, 2.75) is 50.6 Å². The monoisotopic (exact) mass is 297 g/mol. The Kier molecular flexibility index (Phi) is 4.76. The molecule has 21 heavy (non-hydrogen) atoms. The van der Waals surface area contributed by atoms with E-state index >= 15 is 0 Å². The maximum Gasteiger partial charge on any atom is 0.329 e. The number of amides is 2. The first kappa shape index (κ1) is 16.1. The molecule has 6 heteroatoms. The van der Waals surface area contributed by atoms with E-state index in [9.17, 15) is 14.7 Å². The molecule has 0 aromatic rings. The van der Waals surface area contributed by atoms with E-state index in [4.69, 9.17) is 0 Å². The fourth-order valence-electron chi connectivity index (χ4n) is 3.62. The Bertz CT molecular complexity index is 413. The molecule has 2 saturated heterocycles. The fourth-order valence-corrected chi connectivity index (χ4v) is 3.62. The second-order valence-corrected chi connectivity index (χ2v) is 6.43. The zero-order chi connectivity index (χ0) is 15.6. The molecule has 0 spiro atoms. The molecule has 0 aromatic carbocycles. The van der Waals surface area contributed by atoms with Crippen molar-refractivity contribution in [3.63, 3.8) is 0 Å². The summed E-state index contributed by atoms with van der Waals surface area (Å²) in [5.74, 6) is -0.864. The summed E-state index contributed by atoms with van der Waals surface area (Å²) in [5, 5.41) is 9.60. The Labute approximate surface area is 126 Å². The minimum atomic E-state index is -0.998. The Morgan fingerprint density at radius 1 is 1.29 bits per heavy atom. The third-order valence-electron chi connectivity index (χ3n) is 5.10. The largest absolute Gasteiger partial charge is 0.479 e. The molecular weight excluding hydrogens is 270 g/mol. The van der Waals surface area contributed by atoms with Crippen molar-refractivity contribution >= 4 is 12.0 Å². The van der Waals surface area contributed by atoms with E-state index in [1.807, 2.05) is 25.9 Å². The van der Waals surface area contributed by atoms with E-state index in [1.54, 1.807) is 4.90 Å². The maximum atomic E-state index is 12.8. The molecule has 2 aliphatic heterocycles. The molecule has 2 rings (SSSR count). The zero-order valence-corrected chi connectivity index (χ0v) is 13.3. The van der Waals surface area contributed by atoms with Gasteiger partial charge in [-0.1, -0.05) is 6.92 Å². The predicted octanol–water partition coefficient (Wildman–Crippen LogP) is 1.46. The van der Waals surface area contributed by atoms with Crippen molar-refractivity contribution in [2.75, 3.05) is 33.7 Å². The van der Waals surface area contributed by atoms with Crippen molar-refractivity contribution in [2.24, 2.45) is 0 Å². The van der Waals surface area contributed by atoms with Gasteiger partial charge in [0.2, 0.25) is 0 Å². The van der Waals surface area contributed by atoms with Gasteiger partial charge in [0.15, 0.2) is 0 Å². The van der Waals surface area contributed by atoms with Crippen LogP contribution in [0.25, 0.3) is 0 Å². The van der Waals surface area contributed by atoms with Crippen LogP contribution < -0.4 is 0 Å². The quantitative estimate of drug-likeness (QED) is 0.856. The van der Waals surface area contributed by atoms with Crippen molar-refractivity contribution in [3.05, 3.63) is 0 Å². The molecule has 0 radical (unpaired) electrons. The van der Waals surface area contributed by atoms with Crippen molar-refractivity contribution < 1.29 is 14.7 Å². The van der Waals surface area contributed by atoms with Gasteiger partial charge in [0, 0.05) is 25.7 Å². The van der Waals surface area contributed by atoms with Gasteiger partial charge in [0.25, 0.3) is 0 Å². The SMILES string of the molecule is CCC1(C(=O)O)CCCN1C(=O)N1CCCC(N(C)C)C1. The number of hydrogen-bond donors (Lipinski definition) is 1. The molecule has 2 amide bonds. The molecule has 2 unspecified atom stereocenters. The highest BCUT2D eigenvalue weighted by Gasteiger charge is 2.49. The summed E-state index contributed by atoms with van der Waals surface area (Å²) in [4.78, 5) is 30.1. The van der Waals surface area contributed by atoms with Crippen LogP contribution in [0.5, 0.6) is 0 Å². The number of carboxylic acid groups (broad SMARTS) is 1. The highest BCUT2D eigenvalue weighted by atomic mass is 16.4. The van der Waals surface area contributed by atoms with Gasteiger partial charge in [0.1, 0.15) is 5.54 Å². The molecular formula is C15H27N3O3. The summed E-state index contributed by atoms with van der Waals surface area (Å²) in [6.45, 7) is 3.85. The number of piperidine rings is 1. The number of aliphatic carboxylic acids is 1. The molecule has 2 fully saturated rings. The minimum Gasteiger partial charge on any atom is -0.479 e. The lowest BCUT2D eigenvalue weighted by atomic mass is 9.93. The molecule has 2 heterocycles. The number of urea groups is 1. The van der Waals surface area contributed by atoms with Crippen LogP contribution in [-0.2, 0) is 4.79 Å². The summed E-state index contributed by atoms with van der Waals surface area (Å²) in [5.41, 5.74) is -0.998. The van der Waals surface area contributed by atoms with E-state index < -0.39 is 11.5 Å². The molecule has 2 aliphatic rings. The number of rotatable bonds is 3. The Balaban J connectivity index is 2.13. The van der Waals surface area contributed by atoms with Gasteiger partial charge < -0.3 is 19.8 Å². The first-order chi connectivity index (χ1) is 9.92. The van der Waals surface area contributed by atoms with Crippen LogP contribution in [-0.4, -0.2) is 77.1 Å². The van der Waals surface area contributed by atoms with E-state index in [0.29, 0.717) is 32.0 Å². The second-order valence-electron chi connectivity index (χ2n) is 6.43. The van der Waals surface area contributed by atoms with Gasteiger partial charge in [-0.2, -0.15) is 0 Å². The maximum absolute atomic E-state index is 12.8. The summed E-state index contributed by atoms with van der Waals surface area (Å²) < 4.78 is 0. The van der Waals surface area contributed by atoms with E-state index in [1.165, 1.54) is 0 Å². The van der Waals surface area contributed by atoms with E-state index in [0.717, 1.165) is 25.8 Å². The van der Waals surface area contributed by atoms with Gasteiger partial charge in [-0.15, -0.1) is 0 Å². The zero-order valence-electron chi connectivity index (χ0n) is 13.3. The Morgan fingerprint density at radius 3 is 2.57 bits per heavy atom. The van der Waals surface area contributed by atoms with Gasteiger partial charge in [-0.05, 0) is 46.2 Å². The predicted molar refractivity (Wildman–Crippen MR) is 80.3 cm³/mol. The van der Waals surface area contributed by atoms with Crippen LogP contribution in [0.15, 0.2) is 0 Å². The average molecular weight is 297 g/mol. The van der Waals surface area contributed by atoms with Crippen LogP contribution in [0.3, 0.4) is 0 Å². The second kappa shape index (κ2) is 6.22. The van der Waals surface area contributed by atoms with Crippen LogP contribution in [0.2, 0.25) is 0 Å². The third-order valence-corrected chi connectivity index (χ3v) is 5.10. The van der Waals surface area contributed by atoms with Crippen LogP contribution >= 0.6 is 0 Å². The van der Waals surface area contributed by atoms with Crippen LogP contribution in [0.4, 0.5) is 4.79 Å². The molecule has 0 saturated carbocycles. The number of likely N-dealkylation sites (N-methyl/N-ethyl adjacent to an activating group) is 1. The van der Waals surface area contributed by atoms with Gasteiger partial charge in [-0.3, -0.25) is 0 Å². The van der Waals surface area contributed by atoms with E-state index in [2.05, 4.69) is 4.90 Å². The number of nitrogens with zero attached hydrogens (tertiary/aromatic N) is 3. The molecule has 0 bridgehead atoms. The lowest BCUT2D eigenvalue weighted by Gasteiger charge is -2.41. The number of hydrogen-bond acceptors (Lipinski definition) is 3. The molecule has 1 N–H and O–H groups in total. The third kappa shape index (κ3) is 2.86. The first-order valence-electron chi connectivity index (χ1n) is 7.88. The van der Waals surface area contributed by atoms with E-state index in [-0.39, 0.29) is 6.03 Å². The summed E-state index contributed by atoms with van der Waals surface area (Å²) in [6.07, 6.45) is 3.88. The molecule has 6 nitrogen and oxygen atoms in total. The lowest BCUT2D eigenvalue weighted by molar-refractivity contribution is -0.148. The standard InChI is InChI=1S/C15H27N3O3/c1-4-15(13(19)20)8-6-10-18(15)14(21)17-9-5-7-12(11-17)16(2)3/h12H,4-11H2,1-3H3,(H,19,20). The van der Waals surface area contributed by atoms with Gasteiger partial charge in [-0.25, -0.2) is 9.59 Å². The van der Waals surface area contributed by atoms with Crippen molar-refractivity contribution in [3.8, 4) is 0 Å². The lowest BCUT2D eigenvalue weighted by Crippen LogP contribution is -2.59. The Morgan fingerprint density at radius 2 is 2.00 bits per heavy atom. The topological polar surface area (TPSA) is 64.1 Å². The molecule has 0 aromatic heterocycles. The Hall–Kier alpha value is -1.30. The van der Waals surface area contributed by atoms with Gasteiger partial charge in [0.05, 0.1) is 0 Å². The summed E-state index contributed by atoms with van der Waals surface area (Å²) in [7, 11) is 4.06. The highest BCUT2D eigenvalue weighted by molar-refractivity contribution is 5.87. The number of carbonyl (C=O) groups is 2. The smallest absolute Gasteiger partial charge is 0.329 e. The molecule has 2 atom stereocenters. The number of carbonyl (C=O) groups excluding carboxylic acids is 1. The number of likely N-dealkylation sites (tertiary alicyclic amines) is 2. The average Bonchev–Trinajstić information content (AvgIpc) is 2.91. The highest BCUT2D eigenvalue weighted by Crippen LogP contribution is 2.34. The minimum absolute atomic E-state index is 0.0942. The first-order valence-corrected chi connectivity index (χ1v) is 7.88. The van der Waals surface area contributed by atoms with Gasteiger partial charge >= 0.3 is 12.0 Å². The molecule has 0 aliphatic carbocycles. The van der Waals surface area contributed by atoms with Crippen molar-refractivity contribution in [1.29, 1.82) is 0 Å². The van der Waals surface area contributed by atoms with Crippen LogP contribution in [0.1, 0.15) is 39.0 Å². The molecule has 120 valence electrons. The summed E-state index contributed by atoms with van der Waals surface area (Å²) >= 11 is 0. The normalized spacial score (nSPS) is 30.0. The van der Waals surface area contributed by atoms with Crippen LogP contribution in [0, 0.1) is 0 Å². The number of carboxylic acids is 1. The van der Waals surface area contributed by atoms with Crippen molar-refractivity contribution in [1.82, 2.24) is 14.7 Å². The fraction of sp³-hybridized carbons (Fsp3) is 0.867.